The van der Waals surface area contributed by atoms with Crippen molar-refractivity contribution in [3.63, 3.8) is 0 Å². The predicted octanol–water partition coefficient (Wildman–Crippen LogP) is 4.05. The van der Waals surface area contributed by atoms with E-state index in [1.54, 1.807) is 25.1 Å². The minimum Gasteiger partial charge on any atom is -0.465 e. The number of ether oxygens (including phenoxy) is 1. The van der Waals surface area contributed by atoms with E-state index >= 15 is 0 Å². The maximum atomic E-state index is 13.3. The van der Waals surface area contributed by atoms with Crippen molar-refractivity contribution in [2.45, 2.75) is 19.3 Å². The molecule has 0 bridgehead atoms. The third-order valence-corrected chi connectivity index (χ3v) is 3.34. The van der Waals surface area contributed by atoms with E-state index < -0.39 is 11.9 Å². The number of nitrogens with zero attached hydrogens (tertiary/aromatic N) is 1. The summed E-state index contributed by atoms with van der Waals surface area (Å²) in [5, 5.41) is 8.88. The van der Waals surface area contributed by atoms with E-state index in [0.717, 1.165) is 16.7 Å². The van der Waals surface area contributed by atoms with Gasteiger partial charge in [0.25, 0.3) is 0 Å². The summed E-state index contributed by atoms with van der Waals surface area (Å²) in [5.41, 5.74) is 2.34. The van der Waals surface area contributed by atoms with Crippen LogP contribution >= 0.6 is 0 Å². The number of nitriles is 1. The van der Waals surface area contributed by atoms with Crippen LogP contribution in [0.3, 0.4) is 0 Å². The Morgan fingerprint density at radius 3 is 2.55 bits per heavy atom. The lowest BCUT2D eigenvalue weighted by atomic mass is 9.94. The van der Waals surface area contributed by atoms with E-state index in [-0.39, 0.29) is 18.8 Å². The van der Waals surface area contributed by atoms with Crippen LogP contribution in [0.25, 0.3) is 11.1 Å². The van der Waals surface area contributed by atoms with E-state index in [0.29, 0.717) is 0 Å². The third-order valence-electron chi connectivity index (χ3n) is 3.34. The van der Waals surface area contributed by atoms with Crippen LogP contribution in [0.4, 0.5) is 4.39 Å². The Balaban J connectivity index is 2.26. The van der Waals surface area contributed by atoms with Crippen molar-refractivity contribution in [1.82, 2.24) is 0 Å². The highest BCUT2D eigenvalue weighted by Gasteiger charge is 2.21. The van der Waals surface area contributed by atoms with Crippen molar-refractivity contribution in [1.29, 1.82) is 5.26 Å². The molecule has 0 aromatic heterocycles. The van der Waals surface area contributed by atoms with Gasteiger partial charge in [-0.2, -0.15) is 5.26 Å². The molecule has 0 heterocycles. The van der Waals surface area contributed by atoms with Crippen LogP contribution in [-0.4, -0.2) is 12.6 Å². The van der Waals surface area contributed by atoms with Gasteiger partial charge < -0.3 is 4.74 Å². The molecule has 2 aromatic rings. The van der Waals surface area contributed by atoms with E-state index in [9.17, 15) is 9.18 Å². The van der Waals surface area contributed by atoms with E-state index in [1.807, 2.05) is 24.3 Å². The SMILES string of the molecule is CCOC(=O)C(CC#N)c1ccc(-c2cccc(F)c2)cc1. The van der Waals surface area contributed by atoms with Gasteiger partial charge in [0, 0.05) is 0 Å². The normalized spacial score (nSPS) is 11.5. The second-order valence-corrected chi connectivity index (χ2v) is 4.80. The first-order valence-corrected chi connectivity index (χ1v) is 7.05. The van der Waals surface area contributed by atoms with Crippen molar-refractivity contribution in [3.8, 4) is 17.2 Å². The first-order chi connectivity index (χ1) is 10.7. The molecule has 0 N–H and O–H groups in total. The minimum absolute atomic E-state index is 0.0676. The highest BCUT2D eigenvalue weighted by molar-refractivity contribution is 5.79. The topological polar surface area (TPSA) is 50.1 Å². The molecule has 112 valence electrons. The maximum Gasteiger partial charge on any atom is 0.314 e. The lowest BCUT2D eigenvalue weighted by Gasteiger charge is -2.13. The second kappa shape index (κ2) is 7.37. The van der Waals surface area contributed by atoms with Crippen LogP contribution in [0, 0.1) is 17.1 Å². The summed E-state index contributed by atoms with van der Waals surface area (Å²) in [6, 6.07) is 15.5. The standard InChI is InChI=1S/C18H16FNO2/c1-2-22-18(21)17(10-11-20)14-8-6-13(7-9-14)15-4-3-5-16(19)12-15/h3-9,12,17H,2,10H2,1H3. The zero-order valence-corrected chi connectivity index (χ0v) is 12.3. The molecular formula is C18H16FNO2. The number of halogens is 1. The average molecular weight is 297 g/mol. The van der Waals surface area contributed by atoms with Crippen molar-refractivity contribution in [2.75, 3.05) is 6.61 Å². The number of esters is 1. The fraction of sp³-hybridized carbons (Fsp3) is 0.222. The molecule has 22 heavy (non-hydrogen) atoms. The van der Waals surface area contributed by atoms with Crippen LogP contribution in [0.15, 0.2) is 48.5 Å². The minimum atomic E-state index is -0.591. The van der Waals surface area contributed by atoms with Gasteiger partial charge in [-0.25, -0.2) is 4.39 Å². The lowest BCUT2D eigenvalue weighted by Crippen LogP contribution is -2.15. The lowest BCUT2D eigenvalue weighted by molar-refractivity contribution is -0.144. The van der Waals surface area contributed by atoms with Gasteiger partial charge >= 0.3 is 5.97 Å². The number of carbonyl (C=O) groups is 1. The van der Waals surface area contributed by atoms with Gasteiger partial charge in [-0.05, 0) is 35.7 Å². The van der Waals surface area contributed by atoms with Crippen LogP contribution in [-0.2, 0) is 9.53 Å². The predicted molar refractivity (Wildman–Crippen MR) is 81.4 cm³/mol. The van der Waals surface area contributed by atoms with Crippen LogP contribution < -0.4 is 0 Å². The number of rotatable bonds is 5. The third kappa shape index (κ3) is 3.70. The Morgan fingerprint density at radius 1 is 1.23 bits per heavy atom. The van der Waals surface area contributed by atoms with E-state index in [2.05, 4.69) is 0 Å². The smallest absolute Gasteiger partial charge is 0.314 e. The van der Waals surface area contributed by atoms with Crippen LogP contribution in [0.1, 0.15) is 24.8 Å². The number of carbonyl (C=O) groups excluding carboxylic acids is 1. The molecule has 1 unspecified atom stereocenters. The summed E-state index contributed by atoms with van der Waals surface area (Å²) in [5.74, 6) is -1.29. The average Bonchev–Trinajstić information content (AvgIpc) is 2.53. The molecule has 2 rings (SSSR count). The molecule has 2 aromatic carbocycles. The highest BCUT2D eigenvalue weighted by Crippen LogP contribution is 2.26. The summed E-state index contributed by atoms with van der Waals surface area (Å²) in [6.07, 6.45) is 0.0676. The van der Waals surface area contributed by atoms with Crippen LogP contribution in [0.2, 0.25) is 0 Å². The van der Waals surface area contributed by atoms with Crippen molar-refractivity contribution < 1.29 is 13.9 Å². The second-order valence-electron chi connectivity index (χ2n) is 4.80. The molecule has 1 atom stereocenters. The fourth-order valence-corrected chi connectivity index (χ4v) is 2.25. The van der Waals surface area contributed by atoms with Gasteiger partial charge in [0.15, 0.2) is 0 Å². The monoisotopic (exact) mass is 297 g/mol. The quantitative estimate of drug-likeness (QED) is 0.782. The first-order valence-electron chi connectivity index (χ1n) is 7.05. The number of hydrogen-bond donors (Lipinski definition) is 0. The van der Waals surface area contributed by atoms with Crippen molar-refractivity contribution in [2.24, 2.45) is 0 Å². The summed E-state index contributed by atoms with van der Waals surface area (Å²) in [6.45, 7) is 2.01. The molecule has 3 nitrogen and oxygen atoms in total. The Morgan fingerprint density at radius 2 is 1.95 bits per heavy atom. The van der Waals surface area contributed by atoms with Gasteiger partial charge in [0.2, 0.25) is 0 Å². The van der Waals surface area contributed by atoms with E-state index in [4.69, 9.17) is 10.00 Å². The Kier molecular flexibility index (Phi) is 5.26. The summed E-state index contributed by atoms with van der Waals surface area (Å²) < 4.78 is 18.3. The number of hydrogen-bond acceptors (Lipinski definition) is 3. The fourth-order valence-electron chi connectivity index (χ4n) is 2.25. The molecule has 0 spiro atoms. The summed E-state index contributed by atoms with van der Waals surface area (Å²) in [7, 11) is 0. The zero-order valence-electron chi connectivity index (χ0n) is 12.3. The van der Waals surface area contributed by atoms with Gasteiger partial charge in [0.1, 0.15) is 5.82 Å². The molecule has 0 fully saturated rings. The zero-order chi connectivity index (χ0) is 15.9. The van der Waals surface area contributed by atoms with Crippen molar-refractivity contribution >= 4 is 5.97 Å². The summed E-state index contributed by atoms with van der Waals surface area (Å²) >= 11 is 0. The van der Waals surface area contributed by atoms with Gasteiger partial charge in [-0.1, -0.05) is 36.4 Å². The Hall–Kier alpha value is -2.67. The van der Waals surface area contributed by atoms with E-state index in [1.165, 1.54) is 12.1 Å². The highest BCUT2D eigenvalue weighted by atomic mass is 19.1. The van der Waals surface area contributed by atoms with Crippen LogP contribution in [0.5, 0.6) is 0 Å². The maximum absolute atomic E-state index is 13.3. The molecule has 0 aliphatic rings. The van der Waals surface area contributed by atoms with Gasteiger partial charge in [0.05, 0.1) is 25.0 Å². The molecular weight excluding hydrogens is 281 g/mol. The van der Waals surface area contributed by atoms with Gasteiger partial charge in [-0.15, -0.1) is 0 Å². The summed E-state index contributed by atoms with van der Waals surface area (Å²) in [4.78, 5) is 11.9. The molecule has 0 amide bonds. The Bertz CT molecular complexity index is 689. The largest absolute Gasteiger partial charge is 0.465 e. The van der Waals surface area contributed by atoms with Crippen molar-refractivity contribution in [3.05, 3.63) is 59.9 Å². The Labute approximate surface area is 129 Å². The molecule has 4 heteroatoms. The molecule has 0 saturated carbocycles. The van der Waals surface area contributed by atoms with Gasteiger partial charge in [-0.3, -0.25) is 4.79 Å². The molecule has 0 aliphatic carbocycles. The number of benzene rings is 2. The molecule has 0 saturated heterocycles. The first kappa shape index (κ1) is 15.7. The molecule has 0 radical (unpaired) electrons. The molecule has 0 aliphatic heterocycles.